The van der Waals surface area contributed by atoms with Crippen LogP contribution in [0.15, 0.2) is 23.0 Å². The van der Waals surface area contributed by atoms with E-state index in [1.807, 2.05) is 30.9 Å². The summed E-state index contributed by atoms with van der Waals surface area (Å²) in [5, 5.41) is 1.09. The number of aryl methyl sites for hydroxylation is 1. The number of methoxy groups -OCH3 is 1. The van der Waals surface area contributed by atoms with Crippen LogP contribution in [0.25, 0.3) is 0 Å². The van der Waals surface area contributed by atoms with Gasteiger partial charge in [0.15, 0.2) is 0 Å². The Hall–Kier alpha value is -1.60. The number of aromatic nitrogens is 2. The van der Waals surface area contributed by atoms with Crippen LogP contribution in [0.2, 0.25) is 10.0 Å². The number of anilines is 2. The van der Waals surface area contributed by atoms with E-state index < -0.39 is 0 Å². The maximum absolute atomic E-state index is 13.0. The molecule has 1 aliphatic rings. The average molecular weight is 411 g/mol. The number of hydrogen-bond donors (Lipinski definition) is 0. The second-order valence-electron chi connectivity index (χ2n) is 6.64. The molecular weight excluding hydrogens is 387 g/mol. The Kier molecular flexibility index (Phi) is 6.42. The van der Waals surface area contributed by atoms with Gasteiger partial charge < -0.3 is 4.74 Å². The number of benzene rings is 1. The van der Waals surface area contributed by atoms with Crippen molar-refractivity contribution in [2.45, 2.75) is 33.4 Å². The molecule has 27 heavy (non-hydrogen) atoms. The fourth-order valence-corrected chi connectivity index (χ4v) is 3.92. The van der Waals surface area contributed by atoms with Crippen molar-refractivity contribution in [3.05, 3.63) is 49.9 Å². The van der Waals surface area contributed by atoms with E-state index in [1.165, 1.54) is 0 Å². The van der Waals surface area contributed by atoms with E-state index in [-0.39, 0.29) is 5.56 Å². The Morgan fingerprint density at radius 1 is 1.19 bits per heavy atom. The van der Waals surface area contributed by atoms with Crippen molar-refractivity contribution in [3.63, 3.8) is 0 Å². The first kappa shape index (κ1) is 20.1. The minimum Gasteiger partial charge on any atom is -0.385 e. The molecule has 0 aliphatic carbocycles. The van der Waals surface area contributed by atoms with Crippen molar-refractivity contribution in [1.29, 1.82) is 0 Å². The molecule has 0 bridgehead atoms. The number of hydrogen-bond acceptors (Lipinski definition) is 5. The van der Waals surface area contributed by atoms with Crippen molar-refractivity contribution >= 4 is 34.8 Å². The van der Waals surface area contributed by atoms with Crippen molar-refractivity contribution in [1.82, 2.24) is 14.5 Å². The lowest BCUT2D eigenvalue weighted by Crippen LogP contribution is -2.48. The monoisotopic (exact) mass is 410 g/mol. The Balaban J connectivity index is 2.08. The first-order valence-corrected chi connectivity index (χ1v) is 9.75. The third-order valence-corrected chi connectivity index (χ3v) is 5.15. The Labute approximate surface area is 169 Å². The molecule has 0 saturated carbocycles. The fraction of sp³-hybridized carbons (Fsp3) is 0.474. The number of rotatable bonds is 6. The van der Waals surface area contributed by atoms with E-state index in [4.69, 9.17) is 32.9 Å². The van der Waals surface area contributed by atoms with Crippen LogP contribution < -0.4 is 10.5 Å². The SMILES string of the molecule is CCc1c(C)nc2n(c1=O)CN(CCCOC)CN2c1cc(Cl)cc(Cl)c1. The van der Waals surface area contributed by atoms with Crippen LogP contribution in [0.4, 0.5) is 11.6 Å². The first-order valence-electron chi connectivity index (χ1n) is 8.99. The molecule has 8 heteroatoms. The van der Waals surface area contributed by atoms with Crippen LogP contribution in [0.1, 0.15) is 24.6 Å². The zero-order chi connectivity index (χ0) is 19.6. The minimum atomic E-state index is 0.00886. The van der Waals surface area contributed by atoms with E-state index in [0.717, 1.165) is 29.9 Å². The van der Waals surface area contributed by atoms with Crippen molar-refractivity contribution in [2.24, 2.45) is 0 Å². The normalized spacial score (nSPS) is 14.5. The quantitative estimate of drug-likeness (QED) is 0.677. The van der Waals surface area contributed by atoms with Gasteiger partial charge in [0, 0.05) is 47.3 Å². The van der Waals surface area contributed by atoms with Gasteiger partial charge in [-0.1, -0.05) is 30.1 Å². The summed E-state index contributed by atoms with van der Waals surface area (Å²) in [6.45, 7) is 6.44. The Morgan fingerprint density at radius 2 is 1.89 bits per heavy atom. The molecule has 0 spiro atoms. The van der Waals surface area contributed by atoms with Crippen LogP contribution in [0.5, 0.6) is 0 Å². The van der Waals surface area contributed by atoms with Gasteiger partial charge in [0.2, 0.25) is 5.95 Å². The molecule has 1 aliphatic heterocycles. The summed E-state index contributed by atoms with van der Waals surface area (Å²) in [6, 6.07) is 5.37. The number of nitrogens with zero attached hydrogens (tertiary/aromatic N) is 4. The van der Waals surface area contributed by atoms with Crippen molar-refractivity contribution in [3.8, 4) is 0 Å². The highest BCUT2D eigenvalue weighted by Crippen LogP contribution is 2.32. The molecule has 6 nitrogen and oxygen atoms in total. The fourth-order valence-electron chi connectivity index (χ4n) is 3.40. The van der Waals surface area contributed by atoms with Crippen LogP contribution in [0.3, 0.4) is 0 Å². The van der Waals surface area contributed by atoms with E-state index >= 15 is 0 Å². The van der Waals surface area contributed by atoms with Gasteiger partial charge in [-0.15, -0.1) is 0 Å². The number of halogens is 2. The van der Waals surface area contributed by atoms with Gasteiger partial charge >= 0.3 is 0 Å². The lowest BCUT2D eigenvalue weighted by atomic mass is 10.2. The van der Waals surface area contributed by atoms with Gasteiger partial charge in [-0.25, -0.2) is 4.98 Å². The molecule has 0 saturated heterocycles. The van der Waals surface area contributed by atoms with E-state index in [9.17, 15) is 4.79 Å². The molecule has 1 aromatic heterocycles. The van der Waals surface area contributed by atoms with Crippen LogP contribution in [0, 0.1) is 6.92 Å². The maximum Gasteiger partial charge on any atom is 0.259 e. The molecule has 0 N–H and O–H groups in total. The lowest BCUT2D eigenvalue weighted by Gasteiger charge is -2.38. The zero-order valence-corrected chi connectivity index (χ0v) is 17.3. The molecular formula is C19H24Cl2N4O2. The second-order valence-corrected chi connectivity index (χ2v) is 7.51. The molecule has 3 rings (SSSR count). The maximum atomic E-state index is 13.0. The Morgan fingerprint density at radius 3 is 2.52 bits per heavy atom. The summed E-state index contributed by atoms with van der Waals surface area (Å²) in [4.78, 5) is 22.0. The predicted octanol–water partition coefficient (Wildman–Crippen LogP) is 3.83. The van der Waals surface area contributed by atoms with Gasteiger partial charge in [-0.2, -0.15) is 0 Å². The highest BCUT2D eigenvalue weighted by atomic mass is 35.5. The summed E-state index contributed by atoms with van der Waals surface area (Å²) >= 11 is 12.4. The minimum absolute atomic E-state index is 0.00886. The van der Waals surface area contributed by atoms with Crippen LogP contribution in [-0.4, -0.2) is 41.4 Å². The third-order valence-electron chi connectivity index (χ3n) is 4.71. The van der Waals surface area contributed by atoms with E-state index in [1.54, 1.807) is 17.7 Å². The van der Waals surface area contributed by atoms with E-state index in [2.05, 4.69) is 4.90 Å². The molecule has 0 atom stereocenters. The highest BCUT2D eigenvalue weighted by Gasteiger charge is 2.27. The molecule has 2 aromatic rings. The summed E-state index contributed by atoms with van der Waals surface area (Å²) in [6.07, 6.45) is 1.54. The second kappa shape index (κ2) is 8.61. The summed E-state index contributed by atoms with van der Waals surface area (Å²) < 4.78 is 6.90. The standard InChI is InChI=1S/C19H24Cl2N4O2/c1-4-17-13(2)22-19-24(16-9-14(20)8-15(21)10-16)11-23(6-5-7-27-3)12-25(19)18(17)26/h8-10H,4-7,11-12H2,1-3H3. The smallest absolute Gasteiger partial charge is 0.259 e. The Bertz CT molecular complexity index is 864. The molecule has 0 amide bonds. The molecule has 146 valence electrons. The van der Waals surface area contributed by atoms with Gasteiger partial charge in [-0.3, -0.25) is 19.2 Å². The van der Waals surface area contributed by atoms with Gasteiger partial charge in [0.25, 0.3) is 5.56 Å². The first-order chi connectivity index (χ1) is 12.9. The van der Waals surface area contributed by atoms with Gasteiger partial charge in [0.05, 0.1) is 13.3 Å². The molecule has 0 radical (unpaired) electrons. The summed E-state index contributed by atoms with van der Waals surface area (Å²) in [7, 11) is 1.69. The summed E-state index contributed by atoms with van der Waals surface area (Å²) in [5.74, 6) is 0.621. The number of ether oxygens (including phenoxy) is 1. The molecule has 1 aromatic carbocycles. The molecule has 0 fully saturated rings. The topological polar surface area (TPSA) is 50.6 Å². The van der Waals surface area contributed by atoms with Gasteiger partial charge in [0.1, 0.15) is 0 Å². The largest absolute Gasteiger partial charge is 0.385 e. The predicted molar refractivity (Wildman–Crippen MR) is 109 cm³/mol. The zero-order valence-electron chi connectivity index (χ0n) is 15.8. The van der Waals surface area contributed by atoms with E-state index in [0.29, 0.717) is 42.4 Å². The van der Waals surface area contributed by atoms with Crippen LogP contribution >= 0.6 is 23.2 Å². The van der Waals surface area contributed by atoms with Crippen molar-refractivity contribution < 1.29 is 4.74 Å². The van der Waals surface area contributed by atoms with Crippen LogP contribution in [-0.2, 0) is 17.8 Å². The highest BCUT2D eigenvalue weighted by molar-refractivity contribution is 6.35. The molecule has 2 heterocycles. The molecule has 0 unspecified atom stereocenters. The van der Waals surface area contributed by atoms with Crippen molar-refractivity contribution in [2.75, 3.05) is 31.8 Å². The third kappa shape index (κ3) is 4.29. The summed E-state index contributed by atoms with van der Waals surface area (Å²) in [5.41, 5.74) is 2.34. The lowest BCUT2D eigenvalue weighted by molar-refractivity contribution is 0.150. The number of fused-ring (bicyclic) bond motifs is 1. The van der Waals surface area contributed by atoms with Gasteiger partial charge in [-0.05, 0) is 38.0 Å². The average Bonchev–Trinajstić information content (AvgIpc) is 2.61.